The number of hydrogen-bond donors (Lipinski definition) is 0. The van der Waals surface area contributed by atoms with E-state index in [9.17, 15) is 0 Å². The van der Waals surface area contributed by atoms with E-state index in [0.717, 1.165) is 6.16 Å². The van der Waals surface area contributed by atoms with E-state index in [1.54, 1.807) is 0 Å². The fraction of sp³-hybridized carbons (Fsp3) is 0.619. The first-order chi connectivity index (χ1) is 10.8. The summed E-state index contributed by atoms with van der Waals surface area (Å²) < 4.78 is 0. The van der Waals surface area contributed by atoms with Gasteiger partial charge in [0.05, 0.1) is 0 Å². The van der Waals surface area contributed by atoms with E-state index < -0.39 is 5.96 Å². The molecule has 1 aromatic carbocycles. The van der Waals surface area contributed by atoms with E-state index in [1.165, 1.54) is 68.7 Å². The first-order valence-electron chi connectivity index (χ1n) is 9.27. The van der Waals surface area contributed by atoms with Crippen LogP contribution in [-0.4, -0.2) is 19.5 Å². The van der Waals surface area contributed by atoms with E-state index in [2.05, 4.69) is 51.1 Å². The van der Waals surface area contributed by atoms with Gasteiger partial charge in [0.15, 0.2) is 0 Å². The van der Waals surface area contributed by atoms with Crippen LogP contribution >= 0.6 is 17.2 Å². The Morgan fingerprint density at radius 2 is 1.43 bits per heavy atom. The van der Waals surface area contributed by atoms with Crippen molar-refractivity contribution in [2.45, 2.75) is 64.5 Å². The molecule has 132 valence electrons. The van der Waals surface area contributed by atoms with Gasteiger partial charge in [0.1, 0.15) is 0 Å². The number of hydrogen-bond acceptors (Lipinski definition) is 0. The average Bonchev–Trinajstić information content (AvgIpc) is 2.50. The van der Waals surface area contributed by atoms with E-state index >= 15 is 0 Å². The summed E-state index contributed by atoms with van der Waals surface area (Å²) in [4.78, 5) is 0. The van der Waals surface area contributed by atoms with Crippen LogP contribution in [0.25, 0.3) is 6.08 Å². The maximum absolute atomic E-state index is 7.09. The Labute approximate surface area is 149 Å². The summed E-state index contributed by atoms with van der Waals surface area (Å²) in [5, 5.41) is 0. The topological polar surface area (TPSA) is 0 Å². The summed E-state index contributed by atoms with van der Waals surface area (Å²) in [7, 11) is 0. The van der Waals surface area contributed by atoms with Gasteiger partial charge in [-0.3, -0.25) is 0 Å². The average molecular weight is 355 g/mol. The van der Waals surface area contributed by atoms with Crippen LogP contribution in [0.2, 0.25) is 0 Å². The van der Waals surface area contributed by atoms with Gasteiger partial charge >= 0.3 is 149 Å². The van der Waals surface area contributed by atoms with Crippen molar-refractivity contribution in [3.05, 3.63) is 42.0 Å². The second kappa shape index (κ2) is 9.85. The Morgan fingerprint density at radius 3 is 1.96 bits per heavy atom. The second-order valence-corrected chi connectivity index (χ2v) is 17.1. The molecule has 0 radical (unpaired) electrons. The molecule has 0 unspecified atom stereocenters. The molecule has 0 N–H and O–H groups in total. The van der Waals surface area contributed by atoms with E-state index in [4.69, 9.17) is 11.2 Å². The van der Waals surface area contributed by atoms with E-state index in [0.29, 0.717) is 0 Å². The number of unbranched alkanes of at least 4 members (excludes halogenated alkanes) is 7. The van der Waals surface area contributed by atoms with Gasteiger partial charge in [-0.15, -0.1) is 0 Å². The predicted octanol–water partition coefficient (Wildman–Crippen LogP) is 7.94. The molecular weight excluding hydrogens is 319 g/mol. The Kier molecular flexibility index (Phi) is 8.88. The second-order valence-electron chi connectivity index (χ2n) is 7.82. The molecule has 0 nitrogen and oxygen atoms in total. The molecule has 0 saturated heterocycles. The van der Waals surface area contributed by atoms with Crippen LogP contribution in [0.4, 0.5) is 0 Å². The summed E-state index contributed by atoms with van der Waals surface area (Å²) in [6.07, 6.45) is 15.1. The molecule has 0 aromatic heterocycles. The van der Waals surface area contributed by atoms with Gasteiger partial charge in [-0.05, 0) is 0 Å². The zero-order valence-corrected chi connectivity index (χ0v) is 17.1. The zero-order valence-electron chi connectivity index (χ0n) is 15.5. The number of halogens is 1. The normalized spacial score (nSPS) is 13.5. The minimum atomic E-state index is -2.08. The van der Waals surface area contributed by atoms with Crippen LogP contribution in [-0.2, 0) is 6.16 Å². The monoisotopic (exact) mass is 354 g/mol. The van der Waals surface area contributed by atoms with Crippen molar-refractivity contribution in [1.82, 2.24) is 0 Å². The predicted molar refractivity (Wildman–Crippen MR) is 112 cm³/mol. The molecule has 1 aromatic rings. The Hall–Kier alpha value is -0.320. The summed E-state index contributed by atoms with van der Waals surface area (Å²) in [6.45, 7) is 10.7. The van der Waals surface area contributed by atoms with Crippen LogP contribution in [0.3, 0.4) is 0 Å². The SMILES string of the molecule is C=Cc1ccc(CP(C)(C)(Cl)CCCCCCCCCC)cc1. The Morgan fingerprint density at radius 1 is 0.913 bits per heavy atom. The van der Waals surface area contributed by atoms with Gasteiger partial charge in [0.2, 0.25) is 0 Å². The summed E-state index contributed by atoms with van der Waals surface area (Å²) in [5.41, 5.74) is 2.55. The van der Waals surface area contributed by atoms with Crippen molar-refractivity contribution in [2.75, 3.05) is 19.5 Å². The molecule has 0 aliphatic carbocycles. The molecule has 0 atom stereocenters. The fourth-order valence-corrected chi connectivity index (χ4v) is 6.60. The van der Waals surface area contributed by atoms with Crippen molar-refractivity contribution in [1.29, 1.82) is 0 Å². The van der Waals surface area contributed by atoms with Gasteiger partial charge in [-0.1, -0.05) is 0 Å². The van der Waals surface area contributed by atoms with Gasteiger partial charge in [-0.2, -0.15) is 0 Å². The molecule has 0 aliphatic heterocycles. The molecule has 23 heavy (non-hydrogen) atoms. The van der Waals surface area contributed by atoms with Crippen molar-refractivity contribution >= 4 is 23.3 Å². The van der Waals surface area contributed by atoms with Crippen molar-refractivity contribution in [3.63, 3.8) is 0 Å². The van der Waals surface area contributed by atoms with Crippen LogP contribution in [0.5, 0.6) is 0 Å². The van der Waals surface area contributed by atoms with Gasteiger partial charge < -0.3 is 0 Å². The van der Waals surface area contributed by atoms with Gasteiger partial charge in [0.25, 0.3) is 0 Å². The number of rotatable bonds is 12. The molecule has 0 spiro atoms. The van der Waals surface area contributed by atoms with Crippen LogP contribution in [0.15, 0.2) is 30.8 Å². The Bertz CT molecular complexity index is 453. The summed E-state index contributed by atoms with van der Waals surface area (Å²) in [5.74, 6) is -2.08. The fourth-order valence-electron chi connectivity index (χ4n) is 3.13. The van der Waals surface area contributed by atoms with Crippen molar-refractivity contribution in [2.24, 2.45) is 0 Å². The van der Waals surface area contributed by atoms with E-state index in [1.807, 2.05) is 6.08 Å². The maximum atomic E-state index is 7.09. The Balaban J connectivity index is 2.32. The molecule has 0 heterocycles. The first kappa shape index (κ1) is 20.7. The molecule has 0 aliphatic rings. The summed E-state index contributed by atoms with van der Waals surface area (Å²) >= 11 is 7.09. The molecule has 2 heteroatoms. The van der Waals surface area contributed by atoms with Gasteiger partial charge in [-0.25, -0.2) is 0 Å². The van der Waals surface area contributed by atoms with Gasteiger partial charge in [0, 0.05) is 0 Å². The van der Waals surface area contributed by atoms with Crippen molar-refractivity contribution < 1.29 is 0 Å². The molecule has 0 amide bonds. The minimum absolute atomic E-state index is 1.04. The van der Waals surface area contributed by atoms with Crippen LogP contribution in [0.1, 0.15) is 69.4 Å². The third-order valence-corrected chi connectivity index (χ3v) is 8.49. The molecule has 0 fully saturated rings. The van der Waals surface area contributed by atoms with E-state index in [-0.39, 0.29) is 0 Å². The van der Waals surface area contributed by atoms with Crippen LogP contribution < -0.4 is 0 Å². The standard InChI is InChI=1S/C21H36ClP/c1-5-7-8-9-10-11-12-13-18-23(3,4,22)19-21-16-14-20(6-2)15-17-21/h6,14-17H,2,5,7-13,18-19H2,1,3-4H3. The number of benzene rings is 1. The summed E-state index contributed by atoms with van der Waals surface area (Å²) in [6, 6.07) is 8.70. The third-order valence-electron chi connectivity index (χ3n) is 4.59. The first-order valence-corrected chi connectivity index (χ1v) is 13.7. The molecule has 1 rings (SSSR count). The quantitative estimate of drug-likeness (QED) is 0.264. The van der Waals surface area contributed by atoms with Crippen molar-refractivity contribution in [3.8, 4) is 0 Å². The zero-order chi connectivity index (χ0) is 17.2. The third kappa shape index (κ3) is 9.53. The molecule has 0 bridgehead atoms. The molecular formula is C21H36ClP. The molecule has 0 saturated carbocycles. The van der Waals surface area contributed by atoms with Crippen LogP contribution in [0, 0.1) is 0 Å².